The highest BCUT2D eigenvalue weighted by Gasteiger charge is 2.41. The molecule has 0 amide bonds. The van der Waals surface area contributed by atoms with E-state index in [1.807, 2.05) is 0 Å². The fourth-order valence-electron chi connectivity index (χ4n) is 1.33. The van der Waals surface area contributed by atoms with Crippen LogP contribution in [0.1, 0.15) is 19.8 Å². The quantitative estimate of drug-likeness (QED) is 0.617. The zero-order chi connectivity index (χ0) is 8.32. The third kappa shape index (κ3) is 1.52. The lowest BCUT2D eigenvalue weighted by Gasteiger charge is -2.23. The molecule has 0 aromatic heterocycles. The summed E-state index contributed by atoms with van der Waals surface area (Å²) in [5.74, 6) is -0.906. The van der Waals surface area contributed by atoms with E-state index in [2.05, 4.69) is 5.32 Å². The molecule has 0 aromatic rings. The molecule has 4 nitrogen and oxygen atoms in total. The van der Waals surface area contributed by atoms with Crippen LogP contribution in [0.5, 0.6) is 0 Å². The fraction of sp³-hybridized carbons (Fsp3) is 0.857. The maximum Gasteiger partial charge on any atom is 0.351 e. The number of rotatable bonds is 3. The lowest BCUT2D eigenvalue weighted by molar-refractivity contribution is -0.168. The number of nitrogens with one attached hydrogen (secondary N) is 1. The molecule has 1 fully saturated rings. The molecule has 0 bridgehead atoms. The van der Waals surface area contributed by atoms with Crippen LogP contribution in [0.3, 0.4) is 0 Å². The van der Waals surface area contributed by atoms with Gasteiger partial charge in [-0.25, -0.2) is 4.79 Å². The predicted molar refractivity (Wildman–Crippen MR) is 39.2 cm³/mol. The average molecular weight is 159 g/mol. The van der Waals surface area contributed by atoms with Gasteiger partial charge in [0.25, 0.3) is 0 Å². The van der Waals surface area contributed by atoms with Gasteiger partial charge >= 0.3 is 5.97 Å². The summed E-state index contributed by atoms with van der Waals surface area (Å²) in [7, 11) is 0. The Kier molecular flexibility index (Phi) is 2.46. The van der Waals surface area contributed by atoms with Crippen molar-refractivity contribution in [1.29, 1.82) is 0 Å². The molecule has 2 N–H and O–H groups in total. The SMILES string of the molecule is CCO[C@@]1(C(=O)O)CCCN1. The topological polar surface area (TPSA) is 58.6 Å². The average Bonchev–Trinajstić information content (AvgIpc) is 2.38. The summed E-state index contributed by atoms with van der Waals surface area (Å²) in [6.07, 6.45) is 1.43. The van der Waals surface area contributed by atoms with Crippen LogP contribution >= 0.6 is 0 Å². The van der Waals surface area contributed by atoms with Gasteiger partial charge in [0.05, 0.1) is 0 Å². The van der Waals surface area contributed by atoms with Crippen molar-refractivity contribution in [2.24, 2.45) is 0 Å². The van der Waals surface area contributed by atoms with E-state index in [-0.39, 0.29) is 0 Å². The third-order valence-corrected chi connectivity index (χ3v) is 1.85. The first-order valence-corrected chi connectivity index (χ1v) is 3.83. The largest absolute Gasteiger partial charge is 0.478 e. The molecule has 64 valence electrons. The first-order valence-electron chi connectivity index (χ1n) is 3.83. The third-order valence-electron chi connectivity index (χ3n) is 1.85. The first-order chi connectivity index (χ1) is 5.21. The lowest BCUT2D eigenvalue weighted by atomic mass is 10.2. The molecule has 1 saturated heterocycles. The summed E-state index contributed by atoms with van der Waals surface area (Å²) in [5, 5.41) is 11.7. The number of hydrogen-bond donors (Lipinski definition) is 2. The second kappa shape index (κ2) is 3.19. The van der Waals surface area contributed by atoms with Gasteiger partial charge in [-0.1, -0.05) is 0 Å². The Labute approximate surface area is 65.5 Å². The summed E-state index contributed by atoms with van der Waals surface area (Å²) in [4.78, 5) is 10.7. The van der Waals surface area contributed by atoms with Crippen molar-refractivity contribution in [3.8, 4) is 0 Å². The van der Waals surface area contributed by atoms with Crippen LogP contribution in [0.2, 0.25) is 0 Å². The van der Waals surface area contributed by atoms with Crippen LogP contribution in [-0.2, 0) is 9.53 Å². The Morgan fingerprint density at radius 3 is 2.91 bits per heavy atom. The van der Waals surface area contributed by atoms with E-state index in [9.17, 15) is 4.79 Å². The molecule has 0 spiro atoms. The van der Waals surface area contributed by atoms with Crippen molar-refractivity contribution in [3.63, 3.8) is 0 Å². The molecule has 1 atom stereocenters. The molecule has 11 heavy (non-hydrogen) atoms. The molecule has 0 unspecified atom stereocenters. The van der Waals surface area contributed by atoms with Gasteiger partial charge in [-0.2, -0.15) is 0 Å². The van der Waals surface area contributed by atoms with Crippen LogP contribution in [0.15, 0.2) is 0 Å². The summed E-state index contributed by atoms with van der Waals surface area (Å²) in [6.45, 7) is 2.95. The van der Waals surface area contributed by atoms with E-state index >= 15 is 0 Å². The highest BCUT2D eigenvalue weighted by atomic mass is 16.5. The molecule has 1 rings (SSSR count). The lowest BCUT2D eigenvalue weighted by Crippen LogP contribution is -2.49. The highest BCUT2D eigenvalue weighted by Crippen LogP contribution is 2.20. The van der Waals surface area contributed by atoms with Crippen LogP contribution in [-0.4, -0.2) is 30.0 Å². The van der Waals surface area contributed by atoms with Gasteiger partial charge in [-0.3, -0.25) is 5.32 Å². The molecule has 0 aliphatic carbocycles. The summed E-state index contributed by atoms with van der Waals surface area (Å²) >= 11 is 0. The number of carbonyl (C=O) groups is 1. The predicted octanol–water partition coefficient (Wildman–Crippen LogP) is 0.187. The van der Waals surface area contributed by atoms with Crippen molar-refractivity contribution < 1.29 is 14.6 Å². The molecular formula is C7H13NO3. The Morgan fingerprint density at radius 2 is 2.55 bits per heavy atom. The maximum atomic E-state index is 10.7. The van der Waals surface area contributed by atoms with Crippen molar-refractivity contribution in [2.75, 3.05) is 13.2 Å². The molecule has 4 heteroatoms. The van der Waals surface area contributed by atoms with Crippen LogP contribution in [0.25, 0.3) is 0 Å². The van der Waals surface area contributed by atoms with Crippen molar-refractivity contribution in [2.45, 2.75) is 25.5 Å². The van der Waals surface area contributed by atoms with E-state index in [1.165, 1.54) is 0 Å². The fourth-order valence-corrected chi connectivity index (χ4v) is 1.33. The molecule has 1 aliphatic heterocycles. The smallest absolute Gasteiger partial charge is 0.351 e. The van der Waals surface area contributed by atoms with Crippen LogP contribution in [0, 0.1) is 0 Å². The van der Waals surface area contributed by atoms with E-state index in [1.54, 1.807) is 6.92 Å². The molecule has 0 aromatic carbocycles. The zero-order valence-electron chi connectivity index (χ0n) is 6.59. The van der Waals surface area contributed by atoms with Gasteiger partial charge < -0.3 is 9.84 Å². The number of hydrogen-bond acceptors (Lipinski definition) is 3. The van der Waals surface area contributed by atoms with E-state index in [0.29, 0.717) is 13.0 Å². The normalized spacial score (nSPS) is 30.6. The summed E-state index contributed by atoms with van der Waals surface area (Å²) < 4.78 is 5.14. The van der Waals surface area contributed by atoms with Crippen LogP contribution in [0.4, 0.5) is 0 Å². The Bertz CT molecular complexity index is 152. The first kappa shape index (κ1) is 8.49. The summed E-state index contributed by atoms with van der Waals surface area (Å²) in [5.41, 5.74) is -1.09. The second-order valence-corrected chi connectivity index (χ2v) is 2.60. The maximum absolute atomic E-state index is 10.7. The zero-order valence-corrected chi connectivity index (χ0v) is 6.59. The number of aliphatic carboxylic acids is 1. The van der Waals surface area contributed by atoms with Gasteiger partial charge in [0.1, 0.15) is 0 Å². The molecule has 1 aliphatic rings. The molecule has 1 heterocycles. The van der Waals surface area contributed by atoms with Crippen molar-refractivity contribution in [1.82, 2.24) is 5.32 Å². The van der Waals surface area contributed by atoms with Gasteiger partial charge in [0.15, 0.2) is 0 Å². The highest BCUT2D eigenvalue weighted by molar-refractivity contribution is 5.77. The summed E-state index contributed by atoms with van der Waals surface area (Å²) in [6, 6.07) is 0. The van der Waals surface area contributed by atoms with E-state index < -0.39 is 11.7 Å². The van der Waals surface area contributed by atoms with Gasteiger partial charge in [-0.05, 0) is 19.9 Å². The number of carboxylic acid groups (broad SMARTS) is 1. The van der Waals surface area contributed by atoms with Gasteiger partial charge in [-0.15, -0.1) is 0 Å². The second-order valence-electron chi connectivity index (χ2n) is 2.60. The Balaban J connectivity index is 2.62. The van der Waals surface area contributed by atoms with Gasteiger partial charge in [0.2, 0.25) is 5.72 Å². The minimum Gasteiger partial charge on any atom is -0.478 e. The molecule has 0 radical (unpaired) electrons. The minimum atomic E-state index is -1.09. The van der Waals surface area contributed by atoms with Crippen molar-refractivity contribution >= 4 is 5.97 Å². The minimum absolute atomic E-state index is 0.430. The molecule has 0 saturated carbocycles. The number of ether oxygens (including phenoxy) is 1. The molecular weight excluding hydrogens is 146 g/mol. The van der Waals surface area contributed by atoms with Crippen molar-refractivity contribution in [3.05, 3.63) is 0 Å². The van der Waals surface area contributed by atoms with E-state index in [4.69, 9.17) is 9.84 Å². The Hall–Kier alpha value is -0.610. The van der Waals surface area contributed by atoms with E-state index in [0.717, 1.165) is 13.0 Å². The standard InChI is InChI=1S/C7H13NO3/c1-2-11-7(6(9)10)4-3-5-8-7/h8H,2-5H2,1H3,(H,9,10)/t7-/m1/s1. The monoisotopic (exact) mass is 159 g/mol. The van der Waals surface area contributed by atoms with Crippen LogP contribution < -0.4 is 5.32 Å². The number of carboxylic acids is 1. The van der Waals surface area contributed by atoms with Gasteiger partial charge in [0, 0.05) is 13.0 Å². The Morgan fingerprint density at radius 1 is 1.82 bits per heavy atom.